The SMILES string of the molecule is CC1OCCC1CNC1CCC(NC(=O)OC(C)(C)C)C1. The summed E-state index contributed by atoms with van der Waals surface area (Å²) in [7, 11) is 0. The van der Waals surface area contributed by atoms with Crippen LogP contribution in [-0.4, -0.2) is 43.0 Å². The molecule has 0 bridgehead atoms. The molecule has 0 aromatic heterocycles. The van der Waals surface area contributed by atoms with Crippen LogP contribution in [0.1, 0.15) is 53.4 Å². The van der Waals surface area contributed by atoms with E-state index in [4.69, 9.17) is 9.47 Å². The summed E-state index contributed by atoms with van der Waals surface area (Å²) in [6, 6.07) is 0.729. The van der Waals surface area contributed by atoms with E-state index in [1.54, 1.807) is 0 Å². The van der Waals surface area contributed by atoms with Crippen LogP contribution in [0.3, 0.4) is 0 Å². The fourth-order valence-electron chi connectivity index (χ4n) is 3.13. The summed E-state index contributed by atoms with van der Waals surface area (Å²) < 4.78 is 10.9. The van der Waals surface area contributed by atoms with Crippen molar-refractivity contribution in [2.24, 2.45) is 5.92 Å². The summed E-state index contributed by atoms with van der Waals surface area (Å²) in [6.45, 7) is 9.72. The first-order valence-corrected chi connectivity index (χ1v) is 8.18. The lowest BCUT2D eigenvalue weighted by Gasteiger charge is -2.22. The standard InChI is InChI=1S/C16H30N2O3/c1-11-12(7-8-20-11)10-17-13-5-6-14(9-13)18-15(19)21-16(2,3)4/h11-14,17H,5-10H2,1-4H3,(H,18,19). The summed E-state index contributed by atoms with van der Waals surface area (Å²) in [5, 5.41) is 6.61. The molecule has 2 aliphatic rings. The highest BCUT2D eigenvalue weighted by molar-refractivity contribution is 5.68. The van der Waals surface area contributed by atoms with Gasteiger partial charge >= 0.3 is 6.09 Å². The lowest BCUT2D eigenvalue weighted by molar-refractivity contribution is 0.0505. The van der Waals surface area contributed by atoms with Gasteiger partial charge in [0.05, 0.1) is 6.10 Å². The fraction of sp³-hybridized carbons (Fsp3) is 0.938. The zero-order valence-electron chi connectivity index (χ0n) is 13.8. The Kier molecular flexibility index (Phi) is 5.49. The van der Waals surface area contributed by atoms with E-state index in [9.17, 15) is 4.79 Å². The minimum atomic E-state index is -0.432. The highest BCUT2D eigenvalue weighted by Crippen LogP contribution is 2.23. The van der Waals surface area contributed by atoms with Gasteiger partial charge in [0.15, 0.2) is 0 Å². The van der Waals surface area contributed by atoms with E-state index >= 15 is 0 Å². The van der Waals surface area contributed by atoms with E-state index < -0.39 is 5.60 Å². The van der Waals surface area contributed by atoms with Gasteiger partial charge in [0.1, 0.15) is 5.60 Å². The van der Waals surface area contributed by atoms with Crippen LogP contribution in [0.15, 0.2) is 0 Å². The molecule has 5 nitrogen and oxygen atoms in total. The van der Waals surface area contributed by atoms with Crippen molar-refractivity contribution in [3.05, 3.63) is 0 Å². The number of alkyl carbamates (subject to hydrolysis) is 1. The summed E-state index contributed by atoms with van der Waals surface area (Å²) in [5.74, 6) is 0.628. The van der Waals surface area contributed by atoms with Gasteiger partial charge in [-0.25, -0.2) is 4.79 Å². The molecule has 4 unspecified atom stereocenters. The molecule has 122 valence electrons. The third-order valence-electron chi connectivity index (χ3n) is 4.36. The number of hydrogen-bond donors (Lipinski definition) is 2. The predicted octanol–water partition coefficient (Wildman–Crippen LogP) is 2.45. The molecule has 4 atom stereocenters. The van der Waals surface area contributed by atoms with Crippen LogP contribution in [0.4, 0.5) is 4.79 Å². The summed E-state index contributed by atoms with van der Waals surface area (Å²) in [5.41, 5.74) is -0.432. The lowest BCUT2D eigenvalue weighted by Crippen LogP contribution is -2.39. The fourth-order valence-corrected chi connectivity index (χ4v) is 3.13. The zero-order valence-corrected chi connectivity index (χ0v) is 13.8. The van der Waals surface area contributed by atoms with E-state index in [-0.39, 0.29) is 12.1 Å². The molecule has 5 heteroatoms. The molecular weight excluding hydrogens is 268 g/mol. The summed E-state index contributed by atoms with van der Waals surface area (Å²) in [6.07, 6.45) is 4.35. The van der Waals surface area contributed by atoms with Crippen molar-refractivity contribution in [1.29, 1.82) is 0 Å². The maximum absolute atomic E-state index is 11.8. The van der Waals surface area contributed by atoms with Crippen molar-refractivity contribution in [1.82, 2.24) is 10.6 Å². The Balaban J connectivity index is 1.65. The Hall–Kier alpha value is -0.810. The minimum absolute atomic E-state index is 0.231. The molecular formula is C16H30N2O3. The topological polar surface area (TPSA) is 59.6 Å². The largest absolute Gasteiger partial charge is 0.444 e. The van der Waals surface area contributed by atoms with Gasteiger partial charge in [0.2, 0.25) is 0 Å². The molecule has 2 N–H and O–H groups in total. The molecule has 2 rings (SSSR count). The monoisotopic (exact) mass is 298 g/mol. The number of carbonyl (C=O) groups is 1. The van der Waals surface area contributed by atoms with Gasteiger partial charge in [-0.1, -0.05) is 0 Å². The van der Waals surface area contributed by atoms with Crippen LogP contribution in [0.5, 0.6) is 0 Å². The van der Waals surface area contributed by atoms with Gasteiger partial charge < -0.3 is 20.1 Å². The number of rotatable bonds is 4. The van der Waals surface area contributed by atoms with Gasteiger partial charge in [0, 0.05) is 25.2 Å². The molecule has 0 aromatic carbocycles. The van der Waals surface area contributed by atoms with Gasteiger partial charge in [-0.3, -0.25) is 0 Å². The van der Waals surface area contributed by atoms with E-state index in [0.717, 1.165) is 38.8 Å². The Morgan fingerprint density at radius 3 is 2.57 bits per heavy atom. The van der Waals surface area contributed by atoms with Crippen molar-refractivity contribution in [2.45, 2.75) is 77.2 Å². The Bertz CT molecular complexity index is 354. The van der Waals surface area contributed by atoms with Gasteiger partial charge in [-0.2, -0.15) is 0 Å². The molecule has 21 heavy (non-hydrogen) atoms. The average molecular weight is 298 g/mol. The molecule has 1 saturated heterocycles. The van der Waals surface area contributed by atoms with Crippen LogP contribution in [0.25, 0.3) is 0 Å². The molecule has 1 saturated carbocycles. The first-order chi connectivity index (χ1) is 9.83. The average Bonchev–Trinajstić information content (AvgIpc) is 2.93. The Labute approximate surface area is 128 Å². The second-order valence-corrected chi connectivity index (χ2v) is 7.39. The number of ether oxygens (including phenoxy) is 2. The maximum Gasteiger partial charge on any atom is 0.407 e. The predicted molar refractivity (Wildman–Crippen MR) is 82.3 cm³/mol. The van der Waals surface area contributed by atoms with Crippen LogP contribution in [-0.2, 0) is 9.47 Å². The van der Waals surface area contributed by atoms with E-state index in [2.05, 4.69) is 17.6 Å². The van der Waals surface area contributed by atoms with E-state index in [0.29, 0.717) is 18.1 Å². The third kappa shape index (κ3) is 5.47. The summed E-state index contributed by atoms with van der Waals surface area (Å²) >= 11 is 0. The molecule has 0 spiro atoms. The normalized spacial score (nSPS) is 33.1. The second kappa shape index (κ2) is 6.97. The zero-order chi connectivity index (χ0) is 15.5. The van der Waals surface area contributed by atoms with Crippen LogP contribution >= 0.6 is 0 Å². The van der Waals surface area contributed by atoms with Crippen molar-refractivity contribution < 1.29 is 14.3 Å². The van der Waals surface area contributed by atoms with Gasteiger partial charge in [-0.15, -0.1) is 0 Å². The van der Waals surface area contributed by atoms with Crippen molar-refractivity contribution in [3.8, 4) is 0 Å². The quantitative estimate of drug-likeness (QED) is 0.837. The molecule has 0 aromatic rings. The highest BCUT2D eigenvalue weighted by atomic mass is 16.6. The second-order valence-electron chi connectivity index (χ2n) is 7.39. The Morgan fingerprint density at radius 1 is 1.24 bits per heavy atom. The number of nitrogens with one attached hydrogen (secondary N) is 2. The van der Waals surface area contributed by atoms with Crippen molar-refractivity contribution >= 4 is 6.09 Å². The molecule has 1 aliphatic carbocycles. The number of amides is 1. The third-order valence-corrected chi connectivity index (χ3v) is 4.36. The van der Waals surface area contributed by atoms with Crippen LogP contribution in [0, 0.1) is 5.92 Å². The van der Waals surface area contributed by atoms with Gasteiger partial charge in [0.25, 0.3) is 0 Å². The highest BCUT2D eigenvalue weighted by Gasteiger charge is 2.29. The molecule has 1 aliphatic heterocycles. The van der Waals surface area contributed by atoms with E-state index in [1.165, 1.54) is 0 Å². The molecule has 1 heterocycles. The first-order valence-electron chi connectivity index (χ1n) is 8.18. The van der Waals surface area contributed by atoms with Crippen LogP contribution < -0.4 is 10.6 Å². The van der Waals surface area contributed by atoms with Gasteiger partial charge in [-0.05, 0) is 59.3 Å². The van der Waals surface area contributed by atoms with E-state index in [1.807, 2.05) is 20.8 Å². The maximum atomic E-state index is 11.8. The Morgan fingerprint density at radius 2 is 1.95 bits per heavy atom. The number of hydrogen-bond acceptors (Lipinski definition) is 4. The van der Waals surface area contributed by atoms with Crippen molar-refractivity contribution in [2.75, 3.05) is 13.2 Å². The molecule has 1 amide bonds. The van der Waals surface area contributed by atoms with Crippen molar-refractivity contribution in [3.63, 3.8) is 0 Å². The molecule has 0 radical (unpaired) electrons. The summed E-state index contributed by atoms with van der Waals surface area (Å²) in [4.78, 5) is 11.8. The minimum Gasteiger partial charge on any atom is -0.444 e. The lowest BCUT2D eigenvalue weighted by atomic mass is 10.0. The first kappa shape index (κ1) is 16.6. The molecule has 2 fully saturated rings. The smallest absolute Gasteiger partial charge is 0.407 e. The van der Waals surface area contributed by atoms with Crippen LogP contribution in [0.2, 0.25) is 0 Å². The number of carbonyl (C=O) groups excluding carboxylic acids is 1.